The van der Waals surface area contributed by atoms with Gasteiger partial charge in [-0.2, -0.15) is 0 Å². The first kappa shape index (κ1) is 23.4. The number of nitrogens with zero attached hydrogens (tertiary/aromatic N) is 3. The molecule has 0 atom stereocenters. The Morgan fingerprint density at radius 2 is 1.74 bits per heavy atom. The van der Waals surface area contributed by atoms with Crippen LogP contribution in [0.2, 0.25) is 0 Å². The first-order valence-electron chi connectivity index (χ1n) is 12.0. The van der Waals surface area contributed by atoms with Crippen molar-refractivity contribution in [3.8, 4) is 11.1 Å². The molecule has 0 aliphatic heterocycles. The average molecular weight is 490 g/mol. The number of nitrogens with one attached hydrogen (secondary N) is 1. The summed E-state index contributed by atoms with van der Waals surface area (Å²) >= 11 is 0. The number of benzene rings is 2. The summed E-state index contributed by atoms with van der Waals surface area (Å²) in [4.78, 5) is 9.08. The molecule has 5 rings (SSSR count). The Kier molecular flexibility index (Phi) is 5.79. The Morgan fingerprint density at radius 1 is 1.03 bits per heavy atom. The van der Waals surface area contributed by atoms with Gasteiger partial charge in [-0.05, 0) is 53.6 Å². The molecule has 35 heavy (non-hydrogen) atoms. The lowest BCUT2D eigenvalue weighted by Crippen LogP contribution is -2.19. The third-order valence-electron chi connectivity index (χ3n) is 6.79. The fourth-order valence-electron chi connectivity index (χ4n) is 5.01. The molecule has 3 N–H and O–H groups in total. The Hall–Kier alpha value is -3.39. The maximum atomic E-state index is 13.1. The van der Waals surface area contributed by atoms with Crippen molar-refractivity contribution in [3.63, 3.8) is 0 Å². The van der Waals surface area contributed by atoms with E-state index in [1.165, 1.54) is 19.2 Å². The van der Waals surface area contributed by atoms with E-state index in [1.54, 1.807) is 30.3 Å². The lowest BCUT2D eigenvalue weighted by molar-refractivity contribution is 0.532. The van der Waals surface area contributed by atoms with E-state index in [2.05, 4.69) is 52.3 Å². The quantitative estimate of drug-likeness (QED) is 0.364. The summed E-state index contributed by atoms with van der Waals surface area (Å²) in [5, 5.41) is 0.844. The van der Waals surface area contributed by atoms with Crippen LogP contribution in [0.3, 0.4) is 0 Å². The van der Waals surface area contributed by atoms with Crippen molar-refractivity contribution in [3.05, 3.63) is 66.6 Å². The van der Waals surface area contributed by atoms with Crippen molar-refractivity contribution in [2.45, 2.75) is 62.8 Å². The van der Waals surface area contributed by atoms with Crippen LogP contribution in [-0.2, 0) is 15.4 Å². The van der Waals surface area contributed by atoms with Gasteiger partial charge in [0.25, 0.3) is 10.0 Å². The molecule has 1 aliphatic carbocycles. The van der Waals surface area contributed by atoms with Gasteiger partial charge in [0.15, 0.2) is 0 Å². The van der Waals surface area contributed by atoms with Gasteiger partial charge in [0.2, 0.25) is 0 Å². The fraction of sp³-hybridized carbons (Fsp3) is 0.333. The van der Waals surface area contributed by atoms with Gasteiger partial charge in [0, 0.05) is 17.8 Å². The van der Waals surface area contributed by atoms with Crippen LogP contribution in [0.1, 0.15) is 58.1 Å². The predicted octanol–water partition coefficient (Wildman–Crippen LogP) is 5.89. The van der Waals surface area contributed by atoms with Gasteiger partial charge in [-0.1, -0.05) is 57.9 Å². The van der Waals surface area contributed by atoms with E-state index in [1.807, 2.05) is 12.1 Å². The van der Waals surface area contributed by atoms with Crippen LogP contribution < -0.4 is 10.5 Å². The van der Waals surface area contributed by atoms with Gasteiger partial charge < -0.3 is 10.3 Å². The largest absolute Gasteiger partial charge is 0.383 e. The van der Waals surface area contributed by atoms with Crippen molar-refractivity contribution in [1.82, 2.24) is 14.5 Å². The summed E-state index contributed by atoms with van der Waals surface area (Å²) < 4.78 is 31.2. The first-order valence-corrected chi connectivity index (χ1v) is 13.5. The molecular weight excluding hydrogens is 458 g/mol. The summed E-state index contributed by atoms with van der Waals surface area (Å²) in [5.41, 5.74) is 10.3. The summed E-state index contributed by atoms with van der Waals surface area (Å²) in [7, 11) is -3.72. The summed E-state index contributed by atoms with van der Waals surface area (Å²) in [6.07, 6.45) is 8.34. The number of aromatic nitrogens is 3. The van der Waals surface area contributed by atoms with E-state index in [-0.39, 0.29) is 10.3 Å². The Labute approximate surface area is 206 Å². The molecule has 1 saturated carbocycles. The molecule has 0 radical (unpaired) electrons. The van der Waals surface area contributed by atoms with Gasteiger partial charge in [0.1, 0.15) is 17.8 Å². The molecule has 2 aromatic carbocycles. The molecular formula is C27H31N5O2S. The molecule has 4 aromatic rings. The summed E-state index contributed by atoms with van der Waals surface area (Å²) in [6, 6.07) is 14.7. The van der Waals surface area contributed by atoms with Crippen molar-refractivity contribution < 1.29 is 8.42 Å². The summed E-state index contributed by atoms with van der Waals surface area (Å²) in [5.74, 6) is 0.452. The second kappa shape index (κ2) is 8.68. The minimum Gasteiger partial charge on any atom is -0.383 e. The zero-order valence-electron chi connectivity index (χ0n) is 20.3. The van der Waals surface area contributed by atoms with Crippen molar-refractivity contribution in [2.75, 3.05) is 10.5 Å². The minimum atomic E-state index is -3.72. The fourth-order valence-corrected chi connectivity index (χ4v) is 6.11. The molecule has 1 fully saturated rings. The van der Waals surface area contributed by atoms with Crippen LogP contribution in [0.15, 0.2) is 66.0 Å². The van der Waals surface area contributed by atoms with Crippen molar-refractivity contribution in [2.24, 2.45) is 0 Å². The lowest BCUT2D eigenvalue weighted by Gasteiger charge is -2.24. The molecule has 0 bridgehead atoms. The average Bonchev–Trinajstić information content (AvgIpc) is 3.48. The number of hydrogen-bond donors (Lipinski definition) is 2. The Morgan fingerprint density at radius 3 is 2.43 bits per heavy atom. The highest BCUT2D eigenvalue weighted by Gasteiger charge is 2.26. The van der Waals surface area contributed by atoms with E-state index in [0.29, 0.717) is 17.5 Å². The number of nitrogens with two attached hydrogens (primary N) is 1. The third-order valence-corrected chi connectivity index (χ3v) is 8.17. The van der Waals surface area contributed by atoms with Crippen molar-refractivity contribution >= 4 is 32.6 Å². The van der Waals surface area contributed by atoms with Crippen LogP contribution in [0.25, 0.3) is 22.2 Å². The van der Waals surface area contributed by atoms with Crippen molar-refractivity contribution in [1.29, 1.82) is 0 Å². The Bertz CT molecular complexity index is 1480. The van der Waals surface area contributed by atoms with Crippen LogP contribution in [-0.4, -0.2) is 23.0 Å². The molecule has 2 heterocycles. The molecule has 0 spiro atoms. The van der Waals surface area contributed by atoms with Crippen LogP contribution >= 0.6 is 0 Å². The molecule has 8 heteroatoms. The second-order valence-electron chi connectivity index (χ2n) is 10.3. The maximum Gasteiger partial charge on any atom is 0.261 e. The number of sulfonamides is 1. The topological polar surface area (TPSA) is 103 Å². The molecule has 7 nitrogen and oxygen atoms in total. The molecule has 0 unspecified atom stereocenters. The molecule has 0 amide bonds. The normalized spacial score (nSPS) is 15.1. The number of anilines is 2. The zero-order chi connectivity index (χ0) is 24.8. The second-order valence-corrected chi connectivity index (χ2v) is 12.0. The minimum absolute atomic E-state index is 0.230. The van der Waals surface area contributed by atoms with Crippen LogP contribution in [0.5, 0.6) is 0 Å². The molecule has 1 aliphatic rings. The van der Waals surface area contributed by atoms with Gasteiger partial charge in [0.05, 0.1) is 16.0 Å². The van der Waals surface area contributed by atoms with E-state index in [9.17, 15) is 8.42 Å². The van der Waals surface area contributed by atoms with Crippen LogP contribution in [0.4, 0.5) is 11.5 Å². The van der Waals surface area contributed by atoms with Crippen LogP contribution in [0, 0.1) is 0 Å². The molecule has 2 aromatic heterocycles. The van der Waals surface area contributed by atoms with E-state index < -0.39 is 10.0 Å². The van der Waals surface area contributed by atoms with E-state index >= 15 is 0 Å². The lowest BCUT2D eigenvalue weighted by atomic mass is 9.84. The number of rotatable bonds is 5. The highest BCUT2D eigenvalue weighted by molar-refractivity contribution is 7.92. The standard InChI is InChI=1S/C27H31N5O2S/c1-27(2,3)22-15-18(13-14-23(22)31-35(33,34)20-11-5-4-6-12-20)21-16-32(19-9-7-8-10-19)26-24(21)25(28)29-17-30-26/h4-6,11-17,19,31H,7-10H2,1-3H3,(H2,28,29,30). The Balaban J connectivity index is 1.63. The number of nitrogen functional groups attached to an aromatic ring is 1. The first-order chi connectivity index (χ1) is 16.6. The summed E-state index contributed by atoms with van der Waals surface area (Å²) in [6.45, 7) is 6.23. The van der Waals surface area contributed by atoms with E-state index in [4.69, 9.17) is 5.73 Å². The SMILES string of the molecule is CC(C)(C)c1cc(-c2cn(C3CCCC3)c3ncnc(N)c23)ccc1NS(=O)(=O)c1ccccc1. The number of fused-ring (bicyclic) bond motifs is 1. The van der Waals surface area contributed by atoms with E-state index in [0.717, 1.165) is 40.6 Å². The number of hydrogen-bond acceptors (Lipinski definition) is 5. The highest BCUT2D eigenvalue weighted by Crippen LogP contribution is 2.41. The van der Waals surface area contributed by atoms with Gasteiger partial charge in [-0.3, -0.25) is 4.72 Å². The molecule has 0 saturated heterocycles. The zero-order valence-corrected chi connectivity index (χ0v) is 21.1. The van der Waals surface area contributed by atoms with Gasteiger partial charge in [-0.15, -0.1) is 0 Å². The molecule has 182 valence electrons. The monoisotopic (exact) mass is 489 g/mol. The van der Waals surface area contributed by atoms with Gasteiger partial charge in [-0.25, -0.2) is 18.4 Å². The predicted molar refractivity (Wildman–Crippen MR) is 141 cm³/mol. The third kappa shape index (κ3) is 4.38. The smallest absolute Gasteiger partial charge is 0.261 e. The van der Waals surface area contributed by atoms with Gasteiger partial charge >= 0.3 is 0 Å². The maximum absolute atomic E-state index is 13.1. The highest BCUT2D eigenvalue weighted by atomic mass is 32.2.